The maximum Gasteiger partial charge on any atom is 0.223 e. The van der Waals surface area contributed by atoms with Crippen LogP contribution in [0.4, 0.5) is 0 Å². The van der Waals surface area contributed by atoms with Crippen molar-refractivity contribution in [3.63, 3.8) is 0 Å². The number of amides is 1. The molecule has 2 heterocycles. The number of ether oxygens (including phenoxy) is 1. The first-order chi connectivity index (χ1) is 13.6. The Balaban J connectivity index is 1.65. The van der Waals surface area contributed by atoms with Crippen molar-refractivity contribution >= 4 is 5.91 Å². The van der Waals surface area contributed by atoms with Gasteiger partial charge in [0.1, 0.15) is 5.75 Å². The van der Waals surface area contributed by atoms with Crippen molar-refractivity contribution in [3.05, 3.63) is 36.0 Å². The molecule has 28 heavy (non-hydrogen) atoms. The van der Waals surface area contributed by atoms with Crippen LogP contribution in [0.5, 0.6) is 5.75 Å². The Morgan fingerprint density at radius 1 is 1.39 bits per heavy atom. The van der Waals surface area contributed by atoms with Crippen LogP contribution in [-0.2, 0) is 11.2 Å². The second-order valence-electron chi connectivity index (χ2n) is 7.29. The van der Waals surface area contributed by atoms with Crippen LogP contribution in [0.1, 0.15) is 18.5 Å². The van der Waals surface area contributed by atoms with Crippen LogP contribution in [0.2, 0.25) is 0 Å². The van der Waals surface area contributed by atoms with E-state index < -0.39 is 0 Å². The van der Waals surface area contributed by atoms with E-state index in [9.17, 15) is 4.79 Å². The van der Waals surface area contributed by atoms with Crippen LogP contribution in [0.15, 0.2) is 34.9 Å². The largest absolute Gasteiger partial charge is 0.497 e. The zero-order valence-electron chi connectivity index (χ0n) is 16.5. The summed E-state index contributed by atoms with van der Waals surface area (Å²) in [7, 11) is 3.41. The van der Waals surface area contributed by atoms with Crippen molar-refractivity contribution in [2.45, 2.75) is 19.3 Å². The predicted octanol–water partition coefficient (Wildman–Crippen LogP) is 2.60. The quantitative estimate of drug-likeness (QED) is 0.747. The summed E-state index contributed by atoms with van der Waals surface area (Å²) in [6, 6.07) is 9.69. The van der Waals surface area contributed by atoms with Crippen LogP contribution in [-0.4, -0.2) is 49.8 Å². The number of hydrogen-bond acceptors (Lipinski definition) is 5. The van der Waals surface area contributed by atoms with E-state index >= 15 is 0 Å². The zero-order chi connectivity index (χ0) is 19.9. The van der Waals surface area contributed by atoms with Gasteiger partial charge >= 0.3 is 0 Å². The van der Waals surface area contributed by atoms with Crippen LogP contribution in [0, 0.1) is 24.2 Å². The average molecular weight is 381 g/mol. The molecule has 1 amide bonds. The van der Waals surface area contributed by atoms with Crippen LogP contribution < -0.4 is 10.1 Å². The first-order valence-electron chi connectivity index (χ1n) is 9.59. The summed E-state index contributed by atoms with van der Waals surface area (Å²) in [4.78, 5) is 14.0. The topological polar surface area (TPSA) is 67.6 Å². The third-order valence-corrected chi connectivity index (χ3v) is 5.36. The SMILES string of the molecule is C#CCN(C)C(=O)C[C@H]1CCNC[C@@H]1Cc1cc(-c2ccc(OC)cc2)on1. The molecule has 2 atom stereocenters. The molecule has 1 saturated heterocycles. The van der Waals surface area contributed by atoms with E-state index in [-0.39, 0.29) is 5.91 Å². The highest BCUT2D eigenvalue weighted by molar-refractivity contribution is 5.76. The normalized spacial score (nSPS) is 19.0. The molecule has 1 N–H and O–H groups in total. The first-order valence-corrected chi connectivity index (χ1v) is 9.59. The molecule has 1 fully saturated rings. The molecule has 3 rings (SSSR count). The van der Waals surface area contributed by atoms with Gasteiger partial charge < -0.3 is 19.5 Å². The van der Waals surface area contributed by atoms with E-state index in [0.29, 0.717) is 24.8 Å². The number of hydrogen-bond donors (Lipinski definition) is 1. The highest BCUT2D eigenvalue weighted by Crippen LogP contribution is 2.29. The fourth-order valence-corrected chi connectivity index (χ4v) is 3.66. The molecule has 0 unspecified atom stereocenters. The molecule has 1 aromatic heterocycles. The minimum atomic E-state index is 0.105. The van der Waals surface area contributed by atoms with Gasteiger partial charge in [-0.05, 0) is 62.0 Å². The summed E-state index contributed by atoms with van der Waals surface area (Å²) in [5, 5.41) is 7.69. The summed E-state index contributed by atoms with van der Waals surface area (Å²) < 4.78 is 10.7. The molecule has 1 aliphatic rings. The second kappa shape index (κ2) is 9.43. The molecule has 1 aromatic carbocycles. The summed E-state index contributed by atoms with van der Waals surface area (Å²) in [6.07, 6.45) is 7.60. The fourth-order valence-electron chi connectivity index (χ4n) is 3.66. The van der Waals surface area contributed by atoms with Crippen molar-refractivity contribution < 1.29 is 14.1 Å². The standard InChI is InChI=1S/C22H27N3O3/c1-4-11-25(2)22(26)13-17-9-10-23-15-18(17)12-19-14-21(28-24-19)16-5-7-20(27-3)8-6-16/h1,5-8,14,17-18,23H,9-13,15H2,2-3H3/t17-,18+/m1/s1. The highest BCUT2D eigenvalue weighted by Gasteiger charge is 2.29. The number of piperidine rings is 1. The number of methoxy groups -OCH3 is 1. The Hall–Kier alpha value is -2.78. The number of terminal acetylenes is 1. The molecule has 6 nitrogen and oxygen atoms in total. The molecule has 0 bridgehead atoms. The molecular formula is C22H27N3O3. The summed E-state index contributed by atoms with van der Waals surface area (Å²) in [5.41, 5.74) is 1.87. The zero-order valence-corrected chi connectivity index (χ0v) is 16.5. The van der Waals surface area contributed by atoms with Crippen LogP contribution >= 0.6 is 0 Å². The van der Waals surface area contributed by atoms with Crippen molar-refractivity contribution in [2.75, 3.05) is 33.8 Å². The summed E-state index contributed by atoms with van der Waals surface area (Å²) >= 11 is 0. The molecular weight excluding hydrogens is 354 g/mol. The molecule has 1 aliphatic heterocycles. The summed E-state index contributed by atoms with van der Waals surface area (Å²) in [6.45, 7) is 2.16. The van der Waals surface area contributed by atoms with Crippen LogP contribution in [0.25, 0.3) is 11.3 Å². The lowest BCUT2D eigenvalue weighted by Gasteiger charge is -2.32. The minimum absolute atomic E-state index is 0.105. The van der Waals surface area contributed by atoms with E-state index in [0.717, 1.165) is 48.7 Å². The van der Waals surface area contributed by atoms with E-state index in [2.05, 4.69) is 16.4 Å². The molecule has 6 heteroatoms. The Morgan fingerprint density at radius 2 is 2.18 bits per heavy atom. The Kier molecular flexibility index (Phi) is 6.72. The van der Waals surface area contributed by atoms with Gasteiger partial charge in [-0.3, -0.25) is 4.79 Å². The van der Waals surface area contributed by atoms with E-state index in [4.69, 9.17) is 15.7 Å². The Morgan fingerprint density at radius 3 is 2.89 bits per heavy atom. The van der Waals surface area contributed by atoms with E-state index in [1.807, 2.05) is 30.3 Å². The van der Waals surface area contributed by atoms with E-state index in [1.165, 1.54) is 0 Å². The van der Waals surface area contributed by atoms with Gasteiger partial charge in [-0.15, -0.1) is 6.42 Å². The van der Waals surface area contributed by atoms with Gasteiger partial charge in [-0.25, -0.2) is 0 Å². The Bertz CT molecular complexity index is 822. The lowest BCUT2D eigenvalue weighted by atomic mass is 9.81. The average Bonchev–Trinajstić information content (AvgIpc) is 3.18. The first kappa shape index (κ1) is 20.0. The number of rotatable bonds is 7. The molecule has 0 saturated carbocycles. The molecule has 2 aromatic rings. The van der Waals surface area contributed by atoms with E-state index in [1.54, 1.807) is 19.1 Å². The minimum Gasteiger partial charge on any atom is -0.497 e. The predicted molar refractivity (Wildman–Crippen MR) is 108 cm³/mol. The maximum atomic E-state index is 12.4. The molecule has 148 valence electrons. The van der Waals surface area contributed by atoms with Gasteiger partial charge in [0.15, 0.2) is 5.76 Å². The van der Waals surface area contributed by atoms with Gasteiger partial charge in [0, 0.05) is 25.1 Å². The number of carbonyl (C=O) groups excluding carboxylic acids is 1. The van der Waals surface area contributed by atoms with Gasteiger partial charge in [-0.1, -0.05) is 11.1 Å². The Labute approximate surface area is 166 Å². The highest BCUT2D eigenvalue weighted by atomic mass is 16.5. The van der Waals surface area contributed by atoms with Crippen molar-refractivity contribution in [3.8, 4) is 29.4 Å². The van der Waals surface area contributed by atoms with Gasteiger partial charge in [0.2, 0.25) is 5.91 Å². The molecule has 0 radical (unpaired) electrons. The van der Waals surface area contributed by atoms with Crippen molar-refractivity contribution in [2.24, 2.45) is 11.8 Å². The van der Waals surface area contributed by atoms with Crippen molar-refractivity contribution in [1.29, 1.82) is 0 Å². The van der Waals surface area contributed by atoms with Gasteiger partial charge in [0.05, 0.1) is 19.3 Å². The van der Waals surface area contributed by atoms with Crippen LogP contribution in [0.3, 0.4) is 0 Å². The number of nitrogens with zero attached hydrogens (tertiary/aromatic N) is 2. The molecule has 0 aliphatic carbocycles. The lowest BCUT2D eigenvalue weighted by Crippen LogP contribution is -2.40. The molecule has 0 spiro atoms. The fraction of sp³-hybridized carbons (Fsp3) is 0.455. The van der Waals surface area contributed by atoms with Gasteiger partial charge in [-0.2, -0.15) is 0 Å². The third-order valence-electron chi connectivity index (χ3n) is 5.36. The maximum absolute atomic E-state index is 12.4. The lowest BCUT2D eigenvalue weighted by molar-refractivity contribution is -0.131. The number of carbonyl (C=O) groups is 1. The second-order valence-corrected chi connectivity index (χ2v) is 7.29. The van der Waals surface area contributed by atoms with Crippen molar-refractivity contribution in [1.82, 2.24) is 15.4 Å². The smallest absolute Gasteiger partial charge is 0.223 e. The monoisotopic (exact) mass is 381 g/mol. The number of nitrogens with one attached hydrogen (secondary N) is 1. The summed E-state index contributed by atoms with van der Waals surface area (Å²) in [5.74, 6) is 4.83. The third kappa shape index (κ3) is 4.93. The number of benzene rings is 1. The number of aromatic nitrogens is 1. The van der Waals surface area contributed by atoms with Gasteiger partial charge in [0.25, 0.3) is 0 Å².